The number of benzene rings is 2. The summed E-state index contributed by atoms with van der Waals surface area (Å²) in [5, 5.41) is 7.64. The van der Waals surface area contributed by atoms with Crippen molar-refractivity contribution >= 4 is 39.2 Å². The molecule has 0 radical (unpaired) electrons. The van der Waals surface area contributed by atoms with Crippen molar-refractivity contribution in [2.24, 2.45) is 0 Å². The minimum Gasteiger partial charge on any atom is -0.497 e. The number of aromatic nitrogens is 2. The molecule has 1 atom stereocenters. The van der Waals surface area contributed by atoms with Crippen molar-refractivity contribution in [3.63, 3.8) is 0 Å². The number of carbonyl (C=O) groups excluding carboxylic acids is 2. The second-order valence-corrected chi connectivity index (χ2v) is 9.09. The molecule has 0 fully saturated rings. The van der Waals surface area contributed by atoms with Crippen LogP contribution in [0.1, 0.15) is 38.8 Å². The molecule has 0 spiro atoms. The number of nitrogens with one attached hydrogen (secondary N) is 3. The number of aromatic amines is 1. The molecule has 0 bridgehead atoms. The number of para-hydroxylation sites is 1. The van der Waals surface area contributed by atoms with Gasteiger partial charge < -0.3 is 15.0 Å². The van der Waals surface area contributed by atoms with E-state index in [0.29, 0.717) is 23.0 Å². The van der Waals surface area contributed by atoms with Crippen molar-refractivity contribution in [3.8, 4) is 5.75 Å². The summed E-state index contributed by atoms with van der Waals surface area (Å²) in [5.74, 6) is 0.181. The van der Waals surface area contributed by atoms with Crippen LogP contribution in [-0.4, -0.2) is 35.4 Å². The van der Waals surface area contributed by atoms with Crippen molar-refractivity contribution in [1.29, 1.82) is 0 Å². The van der Waals surface area contributed by atoms with Gasteiger partial charge in [0.25, 0.3) is 5.91 Å². The van der Waals surface area contributed by atoms with E-state index < -0.39 is 0 Å². The summed E-state index contributed by atoms with van der Waals surface area (Å²) in [5.41, 5.74) is 3.61. The van der Waals surface area contributed by atoms with Crippen LogP contribution in [0.25, 0.3) is 10.9 Å². The molecule has 168 valence electrons. The van der Waals surface area contributed by atoms with Gasteiger partial charge in [-0.2, -0.15) is 0 Å². The minimum atomic E-state index is -0.272. The molecule has 1 unspecified atom stereocenters. The lowest BCUT2D eigenvalue weighted by atomic mass is 10.1. The van der Waals surface area contributed by atoms with E-state index in [2.05, 4.69) is 26.7 Å². The maximum absolute atomic E-state index is 12.9. The summed E-state index contributed by atoms with van der Waals surface area (Å²) in [4.78, 5) is 34.3. The van der Waals surface area contributed by atoms with Gasteiger partial charge in [0.05, 0.1) is 18.7 Å². The maximum Gasteiger partial charge on any atom is 0.257 e. The fraction of sp³-hybridized carbons (Fsp3) is 0.240. The SMILES string of the molecule is COc1ccc(C(=O)Nc2nc3c(s2)CCC3C(=O)NCCc2c[nH]c3ccccc23)cc1. The highest BCUT2D eigenvalue weighted by Crippen LogP contribution is 2.38. The predicted octanol–water partition coefficient (Wildman–Crippen LogP) is 4.27. The number of anilines is 1. The molecule has 5 rings (SSSR count). The maximum atomic E-state index is 12.9. The fourth-order valence-corrected chi connectivity index (χ4v) is 5.26. The number of rotatable bonds is 7. The van der Waals surface area contributed by atoms with Crippen LogP contribution < -0.4 is 15.4 Å². The number of hydrogen-bond acceptors (Lipinski definition) is 5. The van der Waals surface area contributed by atoms with Gasteiger partial charge in [-0.15, -0.1) is 11.3 Å². The average Bonchev–Trinajstić information content (AvgIpc) is 3.53. The zero-order valence-corrected chi connectivity index (χ0v) is 19.0. The topological polar surface area (TPSA) is 96.1 Å². The van der Waals surface area contributed by atoms with Crippen molar-refractivity contribution < 1.29 is 14.3 Å². The lowest BCUT2D eigenvalue weighted by molar-refractivity contribution is -0.122. The smallest absolute Gasteiger partial charge is 0.257 e. The van der Waals surface area contributed by atoms with E-state index >= 15 is 0 Å². The van der Waals surface area contributed by atoms with Gasteiger partial charge in [0, 0.05) is 34.1 Å². The Hall–Kier alpha value is -3.65. The molecule has 0 saturated carbocycles. The molecule has 1 aliphatic carbocycles. The number of ether oxygens (including phenoxy) is 1. The van der Waals surface area contributed by atoms with Gasteiger partial charge in [-0.25, -0.2) is 4.98 Å². The summed E-state index contributed by atoms with van der Waals surface area (Å²) in [7, 11) is 1.58. The molecule has 2 aromatic carbocycles. The molecule has 8 heteroatoms. The molecule has 2 amide bonds. The number of fused-ring (bicyclic) bond motifs is 2. The van der Waals surface area contributed by atoms with Crippen LogP contribution >= 0.6 is 11.3 Å². The summed E-state index contributed by atoms with van der Waals surface area (Å²) in [6.45, 7) is 0.567. The Morgan fingerprint density at radius 1 is 1.18 bits per heavy atom. The monoisotopic (exact) mass is 460 g/mol. The van der Waals surface area contributed by atoms with Crippen molar-refractivity contribution in [1.82, 2.24) is 15.3 Å². The van der Waals surface area contributed by atoms with E-state index in [9.17, 15) is 9.59 Å². The molecule has 7 nitrogen and oxygen atoms in total. The van der Waals surface area contributed by atoms with Crippen LogP contribution in [0.3, 0.4) is 0 Å². The number of amides is 2. The van der Waals surface area contributed by atoms with E-state index in [1.807, 2.05) is 24.4 Å². The molecular weight excluding hydrogens is 436 g/mol. The summed E-state index contributed by atoms with van der Waals surface area (Å²) >= 11 is 1.45. The first-order valence-corrected chi connectivity index (χ1v) is 11.7. The Bertz CT molecular complexity index is 1310. The van der Waals surface area contributed by atoms with Crippen molar-refractivity contribution in [2.45, 2.75) is 25.2 Å². The lowest BCUT2D eigenvalue weighted by Crippen LogP contribution is -2.30. The summed E-state index contributed by atoms with van der Waals surface area (Å²) in [6, 6.07) is 15.1. The molecule has 33 heavy (non-hydrogen) atoms. The number of hydrogen-bond donors (Lipinski definition) is 3. The van der Waals surface area contributed by atoms with E-state index in [4.69, 9.17) is 4.74 Å². The highest BCUT2D eigenvalue weighted by molar-refractivity contribution is 7.16. The van der Waals surface area contributed by atoms with Gasteiger partial charge in [-0.3, -0.25) is 14.9 Å². The van der Waals surface area contributed by atoms with Crippen LogP contribution in [0, 0.1) is 0 Å². The molecule has 1 aliphatic rings. The number of H-pyrrole nitrogens is 1. The molecule has 2 aromatic heterocycles. The number of carbonyl (C=O) groups is 2. The molecule has 4 aromatic rings. The third-order valence-corrected chi connectivity index (χ3v) is 7.02. The first-order valence-electron chi connectivity index (χ1n) is 10.9. The predicted molar refractivity (Wildman–Crippen MR) is 129 cm³/mol. The Balaban J connectivity index is 1.19. The fourth-order valence-electron chi connectivity index (χ4n) is 4.23. The average molecular weight is 461 g/mol. The highest BCUT2D eigenvalue weighted by Gasteiger charge is 2.32. The highest BCUT2D eigenvalue weighted by atomic mass is 32.1. The van der Waals surface area contributed by atoms with E-state index in [-0.39, 0.29) is 17.7 Å². The van der Waals surface area contributed by atoms with Gasteiger partial charge in [-0.1, -0.05) is 18.2 Å². The summed E-state index contributed by atoms with van der Waals surface area (Å²) in [6.07, 6.45) is 4.31. The van der Waals surface area contributed by atoms with Crippen LogP contribution in [-0.2, 0) is 17.6 Å². The van der Waals surface area contributed by atoms with Gasteiger partial charge in [0.15, 0.2) is 5.13 Å². The van der Waals surface area contributed by atoms with Gasteiger partial charge in [-0.05, 0) is 55.2 Å². The zero-order valence-electron chi connectivity index (χ0n) is 18.2. The van der Waals surface area contributed by atoms with Gasteiger partial charge in [0.1, 0.15) is 5.75 Å². The first-order chi connectivity index (χ1) is 16.1. The second kappa shape index (κ2) is 9.07. The number of thiazole rings is 1. The van der Waals surface area contributed by atoms with E-state index in [1.54, 1.807) is 31.4 Å². The number of nitrogens with zero attached hydrogens (tertiary/aromatic N) is 1. The van der Waals surface area contributed by atoms with Gasteiger partial charge >= 0.3 is 0 Å². The molecular formula is C25H24N4O3S. The molecule has 0 saturated heterocycles. The standard InChI is InChI=1S/C25H24N4O3S/c1-32-17-8-6-15(7-9-17)23(30)29-25-28-22-19(10-11-21(22)33-25)24(31)26-13-12-16-14-27-20-5-3-2-4-18(16)20/h2-9,14,19,27H,10-13H2,1H3,(H,26,31)(H,28,29,30). The first kappa shape index (κ1) is 21.2. The number of methoxy groups -OCH3 is 1. The van der Waals surface area contributed by atoms with E-state index in [0.717, 1.165) is 35.4 Å². The quantitative estimate of drug-likeness (QED) is 0.384. The largest absolute Gasteiger partial charge is 0.497 e. The molecule has 0 aliphatic heterocycles. The Labute approximate surface area is 195 Å². The zero-order chi connectivity index (χ0) is 22.8. The third-order valence-electron chi connectivity index (χ3n) is 5.98. The van der Waals surface area contributed by atoms with Crippen LogP contribution in [0.4, 0.5) is 5.13 Å². The summed E-state index contributed by atoms with van der Waals surface area (Å²) < 4.78 is 5.13. The Morgan fingerprint density at radius 3 is 2.82 bits per heavy atom. The van der Waals surface area contributed by atoms with Crippen LogP contribution in [0.5, 0.6) is 5.75 Å². The number of aryl methyl sites for hydroxylation is 1. The lowest BCUT2D eigenvalue weighted by Gasteiger charge is -2.10. The normalized spacial score (nSPS) is 14.8. The molecule has 3 N–H and O–H groups in total. The van der Waals surface area contributed by atoms with Gasteiger partial charge in [0.2, 0.25) is 5.91 Å². The Morgan fingerprint density at radius 2 is 2.00 bits per heavy atom. The van der Waals surface area contributed by atoms with E-state index in [1.165, 1.54) is 22.3 Å². The molecule has 2 heterocycles. The minimum absolute atomic E-state index is 0.00748. The van der Waals surface area contributed by atoms with Crippen LogP contribution in [0.15, 0.2) is 54.7 Å². The van der Waals surface area contributed by atoms with Crippen LogP contribution in [0.2, 0.25) is 0 Å². The third kappa shape index (κ3) is 4.34. The van der Waals surface area contributed by atoms with Crippen molar-refractivity contribution in [3.05, 3.63) is 76.4 Å². The Kier molecular flexibility index (Phi) is 5.83. The second-order valence-electron chi connectivity index (χ2n) is 8.00. The van der Waals surface area contributed by atoms with Crippen molar-refractivity contribution in [2.75, 3.05) is 19.0 Å².